The summed E-state index contributed by atoms with van der Waals surface area (Å²) in [5.74, 6) is 1.80. The van der Waals surface area contributed by atoms with Gasteiger partial charge in [-0.15, -0.1) is 0 Å². The Hall–Kier alpha value is -1.18. The van der Waals surface area contributed by atoms with Crippen molar-refractivity contribution >= 4 is 0 Å². The lowest BCUT2D eigenvalue weighted by Gasteiger charge is -2.15. The van der Waals surface area contributed by atoms with E-state index >= 15 is 0 Å². The van der Waals surface area contributed by atoms with Gasteiger partial charge >= 0.3 is 0 Å². The molecule has 0 aromatic heterocycles. The summed E-state index contributed by atoms with van der Waals surface area (Å²) in [5.41, 5.74) is 2.36. The first kappa shape index (κ1) is 12.9. The van der Waals surface area contributed by atoms with Crippen LogP contribution in [-0.4, -0.2) is 14.2 Å². The standard InChI is InChI=1S/C14H21O2/c1-5-7-8-12-13(15-3)10-9-11(6-2)14(12)16-4/h9H,5-8H2,1-4H3. The first-order chi connectivity index (χ1) is 7.78. The molecule has 2 nitrogen and oxygen atoms in total. The maximum absolute atomic E-state index is 5.51. The summed E-state index contributed by atoms with van der Waals surface area (Å²) in [4.78, 5) is 0. The Morgan fingerprint density at radius 3 is 2.44 bits per heavy atom. The molecule has 16 heavy (non-hydrogen) atoms. The van der Waals surface area contributed by atoms with Crippen molar-refractivity contribution in [3.63, 3.8) is 0 Å². The van der Waals surface area contributed by atoms with E-state index in [-0.39, 0.29) is 0 Å². The molecule has 0 N–H and O–H groups in total. The van der Waals surface area contributed by atoms with Crippen molar-refractivity contribution in [2.45, 2.75) is 39.5 Å². The molecule has 0 saturated carbocycles. The number of aryl methyl sites for hydroxylation is 1. The highest BCUT2D eigenvalue weighted by atomic mass is 16.5. The van der Waals surface area contributed by atoms with Crippen molar-refractivity contribution in [3.05, 3.63) is 23.3 Å². The number of rotatable bonds is 6. The van der Waals surface area contributed by atoms with Gasteiger partial charge in [0.25, 0.3) is 0 Å². The van der Waals surface area contributed by atoms with E-state index in [0.717, 1.165) is 36.3 Å². The summed E-state index contributed by atoms with van der Waals surface area (Å²) in [6.07, 6.45) is 4.27. The minimum absolute atomic E-state index is 0.822. The van der Waals surface area contributed by atoms with Crippen molar-refractivity contribution in [1.82, 2.24) is 0 Å². The normalized spacial score (nSPS) is 10.2. The van der Waals surface area contributed by atoms with Crippen LogP contribution in [0, 0.1) is 6.07 Å². The Bertz CT molecular complexity index is 332. The smallest absolute Gasteiger partial charge is 0.133 e. The highest BCUT2D eigenvalue weighted by molar-refractivity contribution is 5.49. The molecular weight excluding hydrogens is 200 g/mol. The molecule has 0 unspecified atom stereocenters. The Labute approximate surface area is 98.6 Å². The largest absolute Gasteiger partial charge is 0.496 e. The maximum Gasteiger partial charge on any atom is 0.133 e. The second-order valence-electron chi connectivity index (χ2n) is 3.82. The zero-order chi connectivity index (χ0) is 12.0. The zero-order valence-corrected chi connectivity index (χ0v) is 10.7. The van der Waals surface area contributed by atoms with Crippen LogP contribution in [0.5, 0.6) is 11.5 Å². The van der Waals surface area contributed by atoms with Gasteiger partial charge in [0.1, 0.15) is 11.5 Å². The molecule has 0 aliphatic carbocycles. The van der Waals surface area contributed by atoms with E-state index in [1.807, 2.05) is 6.07 Å². The number of unbranched alkanes of at least 4 members (excludes halogenated alkanes) is 1. The molecule has 0 heterocycles. The molecule has 0 saturated heterocycles. The SMILES string of the molecule is CCCCc1c(OC)[c]cc(CC)c1OC. The Morgan fingerprint density at radius 2 is 1.94 bits per heavy atom. The number of hydrogen-bond acceptors (Lipinski definition) is 2. The molecule has 1 radical (unpaired) electrons. The molecule has 89 valence electrons. The molecule has 2 heteroatoms. The van der Waals surface area contributed by atoms with Crippen molar-refractivity contribution in [3.8, 4) is 11.5 Å². The minimum atomic E-state index is 0.822. The number of benzene rings is 1. The van der Waals surface area contributed by atoms with Gasteiger partial charge in [-0.05, 0) is 30.9 Å². The van der Waals surface area contributed by atoms with Crippen LogP contribution in [-0.2, 0) is 12.8 Å². The predicted molar refractivity (Wildman–Crippen MR) is 66.4 cm³/mol. The molecule has 1 aromatic carbocycles. The third kappa shape index (κ3) is 2.69. The summed E-state index contributed by atoms with van der Waals surface area (Å²) in [5, 5.41) is 0. The third-order valence-electron chi connectivity index (χ3n) is 2.79. The second-order valence-corrected chi connectivity index (χ2v) is 3.82. The Balaban J connectivity index is 3.14. The predicted octanol–water partition coefficient (Wildman–Crippen LogP) is 3.41. The molecule has 0 aliphatic heterocycles. The maximum atomic E-state index is 5.51. The van der Waals surface area contributed by atoms with Crippen LogP contribution >= 0.6 is 0 Å². The van der Waals surface area contributed by atoms with Gasteiger partial charge in [-0.25, -0.2) is 0 Å². The van der Waals surface area contributed by atoms with Crippen LogP contribution in [0.3, 0.4) is 0 Å². The Kier molecular flexibility index (Phi) is 5.17. The topological polar surface area (TPSA) is 18.5 Å². The number of ether oxygens (including phenoxy) is 2. The average molecular weight is 221 g/mol. The molecule has 0 amide bonds. The van der Waals surface area contributed by atoms with Crippen LogP contribution in [0.25, 0.3) is 0 Å². The fourth-order valence-corrected chi connectivity index (χ4v) is 1.88. The molecular formula is C14H21O2. The first-order valence-electron chi connectivity index (χ1n) is 5.92. The van der Waals surface area contributed by atoms with Crippen molar-refractivity contribution in [2.75, 3.05) is 14.2 Å². The number of methoxy groups -OCH3 is 2. The van der Waals surface area contributed by atoms with Gasteiger partial charge in [-0.3, -0.25) is 0 Å². The van der Waals surface area contributed by atoms with Gasteiger partial charge in [-0.1, -0.05) is 20.3 Å². The average Bonchev–Trinajstić information content (AvgIpc) is 2.34. The molecule has 0 aliphatic rings. The Morgan fingerprint density at radius 1 is 1.19 bits per heavy atom. The van der Waals surface area contributed by atoms with Gasteiger partial charge in [0, 0.05) is 11.6 Å². The van der Waals surface area contributed by atoms with Gasteiger partial charge in [0.2, 0.25) is 0 Å². The van der Waals surface area contributed by atoms with Gasteiger partial charge in [0.15, 0.2) is 0 Å². The van der Waals surface area contributed by atoms with E-state index in [4.69, 9.17) is 9.47 Å². The molecule has 1 aromatic rings. The molecule has 0 atom stereocenters. The lowest BCUT2D eigenvalue weighted by Crippen LogP contribution is -2.00. The van der Waals surface area contributed by atoms with Crippen molar-refractivity contribution in [1.29, 1.82) is 0 Å². The highest BCUT2D eigenvalue weighted by Gasteiger charge is 2.13. The zero-order valence-electron chi connectivity index (χ0n) is 10.7. The molecule has 1 rings (SSSR count). The molecule has 0 spiro atoms. The third-order valence-corrected chi connectivity index (χ3v) is 2.79. The lowest BCUT2D eigenvalue weighted by atomic mass is 10.0. The lowest BCUT2D eigenvalue weighted by molar-refractivity contribution is 0.381. The summed E-state index contributed by atoms with van der Waals surface area (Å²) in [6.45, 7) is 4.31. The molecule has 0 fully saturated rings. The van der Waals surface area contributed by atoms with Gasteiger partial charge < -0.3 is 9.47 Å². The quantitative estimate of drug-likeness (QED) is 0.733. The van der Waals surface area contributed by atoms with Crippen LogP contribution in [0.15, 0.2) is 6.07 Å². The highest BCUT2D eigenvalue weighted by Crippen LogP contribution is 2.33. The second kappa shape index (κ2) is 6.41. The summed E-state index contributed by atoms with van der Waals surface area (Å²) in [7, 11) is 3.41. The van der Waals surface area contributed by atoms with Crippen LogP contribution in [0.1, 0.15) is 37.8 Å². The van der Waals surface area contributed by atoms with E-state index in [1.54, 1.807) is 14.2 Å². The summed E-state index contributed by atoms with van der Waals surface area (Å²) in [6, 6.07) is 5.15. The van der Waals surface area contributed by atoms with Crippen LogP contribution in [0.4, 0.5) is 0 Å². The van der Waals surface area contributed by atoms with E-state index in [2.05, 4.69) is 19.9 Å². The van der Waals surface area contributed by atoms with E-state index in [0.29, 0.717) is 0 Å². The van der Waals surface area contributed by atoms with E-state index < -0.39 is 0 Å². The van der Waals surface area contributed by atoms with Gasteiger partial charge in [0.05, 0.1) is 14.2 Å². The fraction of sp³-hybridized carbons (Fsp3) is 0.571. The van der Waals surface area contributed by atoms with E-state index in [1.165, 1.54) is 12.0 Å². The van der Waals surface area contributed by atoms with Gasteiger partial charge in [-0.2, -0.15) is 0 Å². The first-order valence-corrected chi connectivity index (χ1v) is 5.92. The summed E-state index contributed by atoms with van der Waals surface area (Å²) >= 11 is 0. The monoisotopic (exact) mass is 221 g/mol. The number of hydrogen-bond donors (Lipinski definition) is 0. The minimum Gasteiger partial charge on any atom is -0.496 e. The molecule has 0 bridgehead atoms. The fourth-order valence-electron chi connectivity index (χ4n) is 1.88. The summed E-state index contributed by atoms with van der Waals surface area (Å²) < 4.78 is 10.9. The van der Waals surface area contributed by atoms with Crippen molar-refractivity contribution in [2.24, 2.45) is 0 Å². The van der Waals surface area contributed by atoms with Crippen LogP contribution in [0.2, 0.25) is 0 Å². The van der Waals surface area contributed by atoms with Crippen LogP contribution < -0.4 is 9.47 Å². The van der Waals surface area contributed by atoms with E-state index in [9.17, 15) is 0 Å². The van der Waals surface area contributed by atoms with Crippen molar-refractivity contribution < 1.29 is 9.47 Å².